The predicted octanol–water partition coefficient (Wildman–Crippen LogP) is 1.02. The molecule has 32 heavy (non-hydrogen) atoms. The Labute approximate surface area is 189 Å². The molecule has 2 unspecified atom stereocenters. The van der Waals surface area contributed by atoms with Gasteiger partial charge in [0, 0.05) is 50.5 Å². The lowest BCUT2D eigenvalue weighted by Crippen LogP contribution is -2.44. The van der Waals surface area contributed by atoms with Gasteiger partial charge in [0.2, 0.25) is 0 Å². The molecular formula is C23H34N6O3. The van der Waals surface area contributed by atoms with E-state index >= 15 is 0 Å². The third kappa shape index (κ3) is 5.66. The SMILES string of the molecule is CNCC(O)COc1cccc(-c2nc(NC3CCOC3)c(C)c(N3CCNCC3)n2)c1. The summed E-state index contributed by atoms with van der Waals surface area (Å²) in [5, 5.41) is 19.9. The van der Waals surface area contributed by atoms with Crippen LogP contribution in [0.4, 0.5) is 11.6 Å². The second-order valence-corrected chi connectivity index (χ2v) is 8.34. The van der Waals surface area contributed by atoms with E-state index in [-0.39, 0.29) is 12.6 Å². The van der Waals surface area contributed by atoms with Crippen LogP contribution in [-0.4, -0.2) is 86.8 Å². The summed E-state index contributed by atoms with van der Waals surface area (Å²) in [6, 6.07) is 8.00. The first-order valence-corrected chi connectivity index (χ1v) is 11.4. The first kappa shape index (κ1) is 22.7. The van der Waals surface area contributed by atoms with Crippen LogP contribution in [0, 0.1) is 6.92 Å². The largest absolute Gasteiger partial charge is 0.491 e. The average Bonchev–Trinajstić information content (AvgIpc) is 3.33. The minimum atomic E-state index is -0.567. The summed E-state index contributed by atoms with van der Waals surface area (Å²) in [6.45, 7) is 7.96. The number of ether oxygens (including phenoxy) is 2. The molecular weight excluding hydrogens is 408 g/mol. The van der Waals surface area contributed by atoms with Crippen molar-refractivity contribution in [3.05, 3.63) is 29.8 Å². The van der Waals surface area contributed by atoms with E-state index in [1.54, 1.807) is 7.05 Å². The first-order chi connectivity index (χ1) is 15.6. The van der Waals surface area contributed by atoms with E-state index in [0.29, 0.717) is 24.7 Å². The van der Waals surface area contributed by atoms with Gasteiger partial charge in [-0.15, -0.1) is 0 Å². The predicted molar refractivity (Wildman–Crippen MR) is 126 cm³/mol. The molecule has 2 aliphatic rings. The average molecular weight is 443 g/mol. The van der Waals surface area contributed by atoms with Crippen molar-refractivity contribution in [3.8, 4) is 17.1 Å². The molecule has 2 aromatic rings. The number of piperazine rings is 1. The normalized spacial score (nSPS) is 19.7. The Morgan fingerprint density at radius 1 is 1.31 bits per heavy atom. The monoisotopic (exact) mass is 442 g/mol. The van der Waals surface area contributed by atoms with Crippen molar-refractivity contribution >= 4 is 11.6 Å². The summed E-state index contributed by atoms with van der Waals surface area (Å²) in [4.78, 5) is 12.2. The van der Waals surface area contributed by atoms with E-state index < -0.39 is 6.10 Å². The third-order valence-corrected chi connectivity index (χ3v) is 5.78. The van der Waals surface area contributed by atoms with Gasteiger partial charge >= 0.3 is 0 Å². The van der Waals surface area contributed by atoms with Crippen molar-refractivity contribution in [1.82, 2.24) is 20.6 Å². The summed E-state index contributed by atoms with van der Waals surface area (Å²) in [6.07, 6.45) is 0.406. The summed E-state index contributed by atoms with van der Waals surface area (Å²) in [5.74, 6) is 3.17. The van der Waals surface area contributed by atoms with E-state index in [4.69, 9.17) is 19.4 Å². The summed E-state index contributed by atoms with van der Waals surface area (Å²) in [7, 11) is 1.80. The zero-order valence-electron chi connectivity index (χ0n) is 18.9. The number of aromatic nitrogens is 2. The topological polar surface area (TPSA) is 104 Å². The Morgan fingerprint density at radius 2 is 2.16 bits per heavy atom. The quantitative estimate of drug-likeness (QED) is 0.453. The maximum absolute atomic E-state index is 9.94. The van der Waals surface area contributed by atoms with Gasteiger partial charge in [-0.25, -0.2) is 9.97 Å². The number of hydrogen-bond donors (Lipinski definition) is 4. The van der Waals surface area contributed by atoms with Crippen LogP contribution in [0.15, 0.2) is 24.3 Å². The highest BCUT2D eigenvalue weighted by molar-refractivity contribution is 5.67. The lowest BCUT2D eigenvalue weighted by Gasteiger charge is -2.30. The molecule has 1 aromatic heterocycles. The molecule has 9 nitrogen and oxygen atoms in total. The molecule has 0 spiro atoms. The number of hydrogen-bond acceptors (Lipinski definition) is 9. The van der Waals surface area contributed by atoms with Gasteiger partial charge in [-0.2, -0.15) is 0 Å². The number of anilines is 2. The highest BCUT2D eigenvalue weighted by Crippen LogP contribution is 2.30. The van der Waals surface area contributed by atoms with Gasteiger partial charge in [0.15, 0.2) is 5.82 Å². The molecule has 0 bridgehead atoms. The van der Waals surface area contributed by atoms with Gasteiger partial charge in [0.25, 0.3) is 0 Å². The summed E-state index contributed by atoms with van der Waals surface area (Å²) < 4.78 is 11.3. The highest BCUT2D eigenvalue weighted by Gasteiger charge is 2.22. The number of likely N-dealkylation sites (N-methyl/N-ethyl adjacent to an activating group) is 1. The zero-order chi connectivity index (χ0) is 22.3. The second kappa shape index (κ2) is 10.9. The summed E-state index contributed by atoms with van der Waals surface area (Å²) >= 11 is 0. The Morgan fingerprint density at radius 3 is 2.91 bits per heavy atom. The molecule has 0 radical (unpaired) electrons. The van der Waals surface area contributed by atoms with E-state index in [1.807, 2.05) is 24.3 Å². The Kier molecular flexibility index (Phi) is 7.75. The Hall–Kier alpha value is -2.46. The maximum Gasteiger partial charge on any atom is 0.164 e. The lowest BCUT2D eigenvalue weighted by atomic mass is 10.1. The van der Waals surface area contributed by atoms with E-state index in [0.717, 1.165) is 62.0 Å². The second-order valence-electron chi connectivity index (χ2n) is 8.34. The van der Waals surface area contributed by atoms with Gasteiger partial charge in [0.1, 0.15) is 30.1 Å². The number of rotatable bonds is 9. The van der Waals surface area contributed by atoms with Crippen molar-refractivity contribution in [1.29, 1.82) is 0 Å². The number of nitrogens with zero attached hydrogens (tertiary/aromatic N) is 3. The fraction of sp³-hybridized carbons (Fsp3) is 0.565. The molecule has 2 saturated heterocycles. The van der Waals surface area contributed by atoms with Gasteiger partial charge < -0.3 is 35.4 Å². The molecule has 3 heterocycles. The molecule has 2 fully saturated rings. The van der Waals surface area contributed by atoms with Crippen LogP contribution in [0.5, 0.6) is 5.75 Å². The van der Waals surface area contributed by atoms with Crippen molar-refractivity contribution in [3.63, 3.8) is 0 Å². The van der Waals surface area contributed by atoms with Crippen LogP contribution in [0.3, 0.4) is 0 Å². The van der Waals surface area contributed by atoms with Crippen molar-refractivity contribution < 1.29 is 14.6 Å². The molecule has 0 saturated carbocycles. The fourth-order valence-electron chi connectivity index (χ4n) is 4.01. The zero-order valence-corrected chi connectivity index (χ0v) is 18.9. The highest BCUT2D eigenvalue weighted by atomic mass is 16.5. The maximum atomic E-state index is 9.94. The number of aliphatic hydroxyl groups excluding tert-OH is 1. The van der Waals surface area contributed by atoms with Crippen LogP contribution in [-0.2, 0) is 4.74 Å². The van der Waals surface area contributed by atoms with Crippen LogP contribution in [0.25, 0.3) is 11.4 Å². The number of nitrogens with one attached hydrogen (secondary N) is 3. The van der Waals surface area contributed by atoms with Crippen molar-refractivity contribution in [2.75, 3.05) is 69.8 Å². The van der Waals surface area contributed by atoms with Crippen LogP contribution >= 0.6 is 0 Å². The van der Waals surface area contributed by atoms with Crippen LogP contribution in [0.1, 0.15) is 12.0 Å². The molecule has 9 heteroatoms. The molecule has 1 aromatic carbocycles. The molecule has 174 valence electrons. The fourth-order valence-corrected chi connectivity index (χ4v) is 4.01. The van der Waals surface area contributed by atoms with Gasteiger partial charge in [-0.3, -0.25) is 0 Å². The van der Waals surface area contributed by atoms with Gasteiger partial charge in [-0.1, -0.05) is 12.1 Å². The van der Waals surface area contributed by atoms with E-state index in [1.165, 1.54) is 0 Å². The molecule has 4 rings (SSSR count). The Balaban J connectivity index is 1.62. The molecule has 0 aliphatic carbocycles. The smallest absolute Gasteiger partial charge is 0.164 e. The van der Waals surface area contributed by atoms with Gasteiger partial charge in [-0.05, 0) is 32.5 Å². The summed E-state index contributed by atoms with van der Waals surface area (Å²) in [5.41, 5.74) is 1.94. The standard InChI is InChI=1S/C23H34N6O3/c1-16-21(26-18-6-11-31-14-18)27-22(28-23(16)29-9-7-25-8-10-29)17-4-3-5-20(12-17)32-15-19(30)13-24-2/h3-5,12,18-19,24-25,30H,6-11,13-15H2,1-2H3,(H,26,27,28). The van der Waals surface area contributed by atoms with Crippen molar-refractivity contribution in [2.45, 2.75) is 25.5 Å². The minimum absolute atomic E-state index is 0.222. The molecule has 2 atom stereocenters. The number of aliphatic hydroxyl groups is 1. The number of benzene rings is 1. The van der Waals surface area contributed by atoms with Gasteiger partial charge in [0.05, 0.1) is 12.6 Å². The van der Waals surface area contributed by atoms with Crippen LogP contribution in [0.2, 0.25) is 0 Å². The Bertz CT molecular complexity index is 884. The lowest BCUT2D eigenvalue weighted by molar-refractivity contribution is 0.108. The molecule has 2 aliphatic heterocycles. The van der Waals surface area contributed by atoms with E-state index in [2.05, 4.69) is 27.8 Å². The van der Waals surface area contributed by atoms with E-state index in [9.17, 15) is 5.11 Å². The first-order valence-electron chi connectivity index (χ1n) is 11.4. The minimum Gasteiger partial charge on any atom is -0.491 e. The van der Waals surface area contributed by atoms with Crippen molar-refractivity contribution in [2.24, 2.45) is 0 Å². The molecule has 4 N–H and O–H groups in total. The third-order valence-electron chi connectivity index (χ3n) is 5.78. The molecule has 0 amide bonds. The van der Waals surface area contributed by atoms with Crippen LogP contribution < -0.4 is 25.6 Å².